The van der Waals surface area contributed by atoms with Gasteiger partial charge < -0.3 is 4.90 Å². The number of hydrazine groups is 1. The molecule has 1 N–H and O–H groups in total. The van der Waals surface area contributed by atoms with Crippen molar-refractivity contribution in [3.05, 3.63) is 77.5 Å². The van der Waals surface area contributed by atoms with Crippen molar-refractivity contribution in [2.45, 2.75) is 27.2 Å². The summed E-state index contributed by atoms with van der Waals surface area (Å²) >= 11 is 6.14. The first-order chi connectivity index (χ1) is 15.1. The molecular formula is C25H29ClN4O. The lowest BCUT2D eigenvalue weighted by Gasteiger charge is -2.29. The lowest BCUT2D eigenvalue weighted by atomic mass is 10.1. The van der Waals surface area contributed by atoms with E-state index < -0.39 is 0 Å². The molecule has 5 nitrogen and oxygen atoms in total. The fraction of sp³-hybridized carbons (Fsp3) is 0.280. The molecule has 3 rings (SSSR count). The van der Waals surface area contributed by atoms with Gasteiger partial charge in [0.25, 0.3) is 0 Å². The van der Waals surface area contributed by atoms with Crippen molar-refractivity contribution in [3.63, 3.8) is 0 Å². The predicted octanol–water partition coefficient (Wildman–Crippen LogP) is 5.84. The molecule has 0 aliphatic rings. The number of rotatable bonds is 9. The van der Waals surface area contributed by atoms with Gasteiger partial charge in [-0.15, -0.1) is 0 Å². The van der Waals surface area contributed by atoms with Gasteiger partial charge in [-0.1, -0.05) is 41.9 Å². The summed E-state index contributed by atoms with van der Waals surface area (Å²) in [5.74, 6) is 0.124. The monoisotopic (exact) mass is 436 g/mol. The summed E-state index contributed by atoms with van der Waals surface area (Å²) in [4.78, 5) is 18.9. The van der Waals surface area contributed by atoms with Crippen molar-refractivity contribution < 1.29 is 4.79 Å². The van der Waals surface area contributed by atoms with E-state index in [0.717, 1.165) is 27.9 Å². The summed E-state index contributed by atoms with van der Waals surface area (Å²) in [5, 5.41) is 3.70. The molecule has 0 aliphatic carbocycles. The zero-order valence-electron chi connectivity index (χ0n) is 18.3. The van der Waals surface area contributed by atoms with Crippen molar-refractivity contribution in [2.24, 2.45) is 0 Å². The molecule has 0 saturated heterocycles. The molecule has 3 aromatic rings. The number of fused-ring (bicyclic) bond motifs is 1. The van der Waals surface area contributed by atoms with Crippen molar-refractivity contribution in [1.82, 2.24) is 14.9 Å². The Balaban J connectivity index is 1.95. The van der Waals surface area contributed by atoms with Gasteiger partial charge in [0.2, 0.25) is 5.91 Å². The highest BCUT2D eigenvalue weighted by Crippen LogP contribution is 2.27. The number of amides is 1. The molecule has 162 valence electrons. The third-order valence-electron chi connectivity index (χ3n) is 5.22. The second-order valence-corrected chi connectivity index (χ2v) is 7.54. The van der Waals surface area contributed by atoms with Crippen LogP contribution in [-0.2, 0) is 4.79 Å². The van der Waals surface area contributed by atoms with Gasteiger partial charge in [0.15, 0.2) is 0 Å². The summed E-state index contributed by atoms with van der Waals surface area (Å²) < 4.78 is 0. The molecule has 0 unspecified atom stereocenters. The Morgan fingerprint density at radius 2 is 1.77 bits per heavy atom. The molecule has 1 aromatic heterocycles. The minimum atomic E-state index is 0.124. The number of nitrogens with zero attached hydrogens (tertiary/aromatic N) is 3. The largest absolute Gasteiger partial charge is 0.343 e. The Morgan fingerprint density at radius 1 is 1.03 bits per heavy atom. The molecule has 1 heterocycles. The van der Waals surface area contributed by atoms with Gasteiger partial charge in [0, 0.05) is 42.7 Å². The van der Waals surface area contributed by atoms with Crippen molar-refractivity contribution in [2.75, 3.05) is 25.1 Å². The Labute approximate surface area is 189 Å². The molecule has 31 heavy (non-hydrogen) atoms. The van der Waals surface area contributed by atoms with Crippen LogP contribution in [0.15, 0.2) is 66.9 Å². The lowest BCUT2D eigenvalue weighted by Crippen LogP contribution is -2.31. The quantitative estimate of drug-likeness (QED) is 0.428. The number of nitrogens with one attached hydrogen (secondary N) is 1. The molecule has 0 bridgehead atoms. The number of carbonyl (C=O) groups excluding carboxylic acids is 1. The minimum Gasteiger partial charge on any atom is -0.343 e. The Kier molecular flexibility index (Phi) is 7.90. The van der Waals surface area contributed by atoms with Gasteiger partial charge in [0.05, 0.1) is 16.9 Å². The summed E-state index contributed by atoms with van der Waals surface area (Å²) in [6.45, 7) is 8.22. The molecule has 0 atom stereocenters. The molecule has 0 radical (unpaired) electrons. The van der Waals surface area contributed by atoms with Crippen LogP contribution in [0.4, 0.5) is 5.69 Å². The zero-order chi connectivity index (χ0) is 22.2. The number of pyridine rings is 1. The Bertz CT molecular complexity index is 1050. The average Bonchev–Trinajstić information content (AvgIpc) is 2.79. The molecule has 0 fully saturated rings. The summed E-state index contributed by atoms with van der Waals surface area (Å²) in [6, 6.07) is 17.8. The molecular weight excluding hydrogens is 408 g/mol. The van der Waals surface area contributed by atoms with Crippen LogP contribution in [-0.4, -0.2) is 40.4 Å². The minimum absolute atomic E-state index is 0.124. The summed E-state index contributed by atoms with van der Waals surface area (Å²) in [6.07, 6.45) is 4.12. The Hall–Kier alpha value is -3.05. The lowest BCUT2D eigenvalue weighted by molar-refractivity contribution is -0.129. The van der Waals surface area contributed by atoms with E-state index in [-0.39, 0.29) is 5.91 Å². The predicted molar refractivity (Wildman–Crippen MR) is 130 cm³/mol. The SMILES string of the molecule is CCN(CC)C(=O)C/C=C(/c1ccccc1)N(CC)Nc1ccnc2cc(Cl)ccc12. The standard InChI is InChI=1S/C25H29ClN4O/c1-4-29(5-2)25(31)15-14-24(19-10-8-7-9-11-19)30(6-3)28-22-16-17-27-23-18-20(26)12-13-21(22)23/h7-14,16-18H,4-6,15H2,1-3H3,(H,27,28)/b24-14-. The van der Waals surface area contributed by atoms with Gasteiger partial charge in [-0.2, -0.15) is 0 Å². The van der Waals surface area contributed by atoms with Gasteiger partial charge in [-0.3, -0.25) is 20.2 Å². The second kappa shape index (κ2) is 10.8. The number of carbonyl (C=O) groups is 1. The second-order valence-electron chi connectivity index (χ2n) is 7.10. The van der Waals surface area contributed by atoms with E-state index in [4.69, 9.17) is 11.6 Å². The van der Waals surface area contributed by atoms with Crippen LogP contribution < -0.4 is 5.43 Å². The number of benzene rings is 2. The van der Waals surface area contributed by atoms with Crippen LogP contribution in [0, 0.1) is 0 Å². The smallest absolute Gasteiger partial charge is 0.226 e. The third-order valence-corrected chi connectivity index (χ3v) is 5.46. The first-order valence-electron chi connectivity index (χ1n) is 10.7. The maximum absolute atomic E-state index is 12.6. The number of anilines is 1. The maximum atomic E-state index is 12.6. The van der Waals surface area contributed by atoms with Crippen LogP contribution in [0.1, 0.15) is 32.8 Å². The number of hydrogen-bond acceptors (Lipinski definition) is 4. The third kappa shape index (κ3) is 5.56. The van der Waals surface area contributed by atoms with Crippen molar-refractivity contribution in [3.8, 4) is 0 Å². The van der Waals surface area contributed by atoms with Crippen LogP contribution in [0.25, 0.3) is 16.6 Å². The molecule has 0 spiro atoms. The number of halogens is 1. The fourth-order valence-electron chi connectivity index (χ4n) is 3.56. The molecule has 0 saturated carbocycles. The van der Waals surface area contributed by atoms with Crippen LogP contribution in [0.3, 0.4) is 0 Å². The molecule has 6 heteroatoms. The summed E-state index contributed by atoms with van der Waals surface area (Å²) in [5.41, 5.74) is 7.30. The highest BCUT2D eigenvalue weighted by atomic mass is 35.5. The van der Waals surface area contributed by atoms with E-state index in [1.165, 1.54) is 0 Å². The van der Waals surface area contributed by atoms with Crippen LogP contribution in [0.2, 0.25) is 5.02 Å². The van der Waals surface area contributed by atoms with Crippen LogP contribution >= 0.6 is 11.6 Å². The van der Waals surface area contributed by atoms with E-state index in [0.29, 0.717) is 31.1 Å². The van der Waals surface area contributed by atoms with Gasteiger partial charge in [0.1, 0.15) is 0 Å². The van der Waals surface area contributed by atoms with Crippen molar-refractivity contribution in [1.29, 1.82) is 0 Å². The fourth-order valence-corrected chi connectivity index (χ4v) is 3.72. The number of hydrogen-bond donors (Lipinski definition) is 1. The molecule has 2 aromatic carbocycles. The number of aromatic nitrogens is 1. The van der Waals surface area contributed by atoms with E-state index in [1.807, 2.05) is 67.3 Å². The normalized spacial score (nSPS) is 11.4. The molecule has 0 aliphatic heterocycles. The average molecular weight is 437 g/mol. The maximum Gasteiger partial charge on any atom is 0.226 e. The highest BCUT2D eigenvalue weighted by Gasteiger charge is 2.14. The highest BCUT2D eigenvalue weighted by molar-refractivity contribution is 6.31. The first kappa shape index (κ1) is 22.6. The van der Waals surface area contributed by atoms with Gasteiger partial charge in [-0.25, -0.2) is 0 Å². The Morgan fingerprint density at radius 3 is 2.45 bits per heavy atom. The first-order valence-corrected chi connectivity index (χ1v) is 11.1. The van der Waals surface area contributed by atoms with Gasteiger partial charge in [-0.05, 0) is 56.7 Å². The van der Waals surface area contributed by atoms with E-state index >= 15 is 0 Å². The molecule has 1 amide bonds. The van der Waals surface area contributed by atoms with E-state index in [1.54, 1.807) is 6.20 Å². The van der Waals surface area contributed by atoms with E-state index in [2.05, 4.69) is 34.5 Å². The van der Waals surface area contributed by atoms with Gasteiger partial charge >= 0.3 is 0 Å². The van der Waals surface area contributed by atoms with Crippen LogP contribution in [0.5, 0.6) is 0 Å². The van der Waals surface area contributed by atoms with Crippen molar-refractivity contribution >= 4 is 39.8 Å². The topological polar surface area (TPSA) is 48.5 Å². The summed E-state index contributed by atoms with van der Waals surface area (Å²) in [7, 11) is 0. The van der Waals surface area contributed by atoms with E-state index in [9.17, 15) is 4.79 Å². The zero-order valence-corrected chi connectivity index (χ0v) is 19.1.